The third kappa shape index (κ3) is 3.24. The van der Waals surface area contributed by atoms with E-state index in [1.165, 1.54) is 24.1 Å². The minimum atomic E-state index is -0.106. The Kier molecular flexibility index (Phi) is 4.23. The summed E-state index contributed by atoms with van der Waals surface area (Å²) in [6.45, 7) is 5.26. The fourth-order valence-corrected chi connectivity index (χ4v) is 2.34. The van der Waals surface area contributed by atoms with Crippen LogP contribution >= 0.6 is 0 Å². The molecule has 0 saturated carbocycles. The number of carbonyl (C=O) groups is 1. The molecular formula is C13H22N4O. The molecule has 0 fully saturated rings. The van der Waals surface area contributed by atoms with Gasteiger partial charge in [0.25, 0.3) is 0 Å². The van der Waals surface area contributed by atoms with E-state index in [1.54, 1.807) is 0 Å². The Morgan fingerprint density at radius 2 is 2.22 bits per heavy atom. The number of amides is 2. The summed E-state index contributed by atoms with van der Waals surface area (Å²) < 4.78 is 2.03. The average molecular weight is 250 g/mol. The Balaban J connectivity index is 1.80. The van der Waals surface area contributed by atoms with Crippen LogP contribution in [0.5, 0.6) is 0 Å². The standard InChI is InChI=1S/C13H22N4O/c1-10(2)16-13(18)14-7-8-17-12-6-4-3-5-11(12)9-15-17/h9-10H,3-8H2,1-2H3,(H2,14,16,18). The van der Waals surface area contributed by atoms with E-state index in [1.807, 2.05) is 24.7 Å². The Hall–Kier alpha value is -1.52. The van der Waals surface area contributed by atoms with Gasteiger partial charge >= 0.3 is 6.03 Å². The van der Waals surface area contributed by atoms with Crippen LogP contribution in [0.15, 0.2) is 6.20 Å². The number of aryl methyl sites for hydroxylation is 1. The molecule has 0 saturated heterocycles. The molecule has 0 bridgehead atoms. The predicted octanol–water partition coefficient (Wildman–Crippen LogP) is 1.47. The molecule has 2 amide bonds. The van der Waals surface area contributed by atoms with Crippen molar-refractivity contribution in [2.24, 2.45) is 0 Å². The zero-order chi connectivity index (χ0) is 13.0. The minimum Gasteiger partial charge on any atom is -0.336 e. The summed E-state index contributed by atoms with van der Waals surface area (Å²) in [6.07, 6.45) is 6.76. The Morgan fingerprint density at radius 1 is 1.44 bits per heavy atom. The smallest absolute Gasteiger partial charge is 0.315 e. The van der Waals surface area contributed by atoms with E-state index in [-0.39, 0.29) is 12.1 Å². The summed E-state index contributed by atoms with van der Waals surface area (Å²) in [6, 6.07) is 0.0634. The number of hydrogen-bond donors (Lipinski definition) is 2. The van der Waals surface area contributed by atoms with Crippen molar-refractivity contribution in [3.63, 3.8) is 0 Å². The molecular weight excluding hydrogens is 228 g/mol. The van der Waals surface area contributed by atoms with Crippen molar-refractivity contribution in [1.82, 2.24) is 20.4 Å². The van der Waals surface area contributed by atoms with Crippen molar-refractivity contribution in [3.05, 3.63) is 17.5 Å². The highest BCUT2D eigenvalue weighted by Gasteiger charge is 2.14. The van der Waals surface area contributed by atoms with Crippen LogP contribution in [-0.2, 0) is 19.4 Å². The molecule has 0 radical (unpaired) electrons. The van der Waals surface area contributed by atoms with Crippen LogP contribution in [0, 0.1) is 0 Å². The first-order valence-electron chi connectivity index (χ1n) is 6.74. The molecule has 100 valence electrons. The largest absolute Gasteiger partial charge is 0.336 e. The topological polar surface area (TPSA) is 59.0 Å². The number of hydrogen-bond acceptors (Lipinski definition) is 2. The lowest BCUT2D eigenvalue weighted by atomic mass is 9.98. The van der Waals surface area contributed by atoms with Crippen LogP contribution < -0.4 is 10.6 Å². The van der Waals surface area contributed by atoms with E-state index in [9.17, 15) is 4.79 Å². The van der Waals surface area contributed by atoms with Gasteiger partial charge in [0.05, 0.1) is 12.7 Å². The molecule has 2 rings (SSSR count). The van der Waals surface area contributed by atoms with Crippen molar-refractivity contribution >= 4 is 6.03 Å². The van der Waals surface area contributed by atoms with Crippen molar-refractivity contribution in [2.75, 3.05) is 6.54 Å². The van der Waals surface area contributed by atoms with Gasteiger partial charge in [-0.05, 0) is 45.1 Å². The normalized spacial score (nSPS) is 14.4. The fourth-order valence-electron chi connectivity index (χ4n) is 2.34. The second-order valence-corrected chi connectivity index (χ2v) is 5.10. The van der Waals surface area contributed by atoms with Crippen molar-refractivity contribution in [2.45, 2.75) is 52.1 Å². The highest BCUT2D eigenvalue weighted by molar-refractivity contribution is 5.73. The van der Waals surface area contributed by atoms with E-state index in [0.29, 0.717) is 6.54 Å². The van der Waals surface area contributed by atoms with Gasteiger partial charge in [-0.1, -0.05) is 0 Å². The van der Waals surface area contributed by atoms with Gasteiger partial charge in [0.15, 0.2) is 0 Å². The minimum absolute atomic E-state index is 0.106. The fraction of sp³-hybridized carbons (Fsp3) is 0.692. The zero-order valence-electron chi connectivity index (χ0n) is 11.2. The van der Waals surface area contributed by atoms with Crippen LogP contribution in [0.25, 0.3) is 0 Å². The average Bonchev–Trinajstić information content (AvgIpc) is 2.72. The molecule has 5 heteroatoms. The van der Waals surface area contributed by atoms with Gasteiger partial charge in [-0.25, -0.2) is 4.79 Å². The zero-order valence-corrected chi connectivity index (χ0v) is 11.2. The number of rotatable bonds is 4. The maximum Gasteiger partial charge on any atom is 0.315 e. The summed E-state index contributed by atoms with van der Waals surface area (Å²) in [5.41, 5.74) is 2.74. The molecule has 0 aliphatic heterocycles. The first-order valence-corrected chi connectivity index (χ1v) is 6.74. The van der Waals surface area contributed by atoms with Gasteiger partial charge in [-0.15, -0.1) is 0 Å². The van der Waals surface area contributed by atoms with Crippen molar-refractivity contribution in [1.29, 1.82) is 0 Å². The molecule has 18 heavy (non-hydrogen) atoms. The molecule has 2 N–H and O–H groups in total. The Labute approximate surface area is 108 Å². The van der Waals surface area contributed by atoms with Gasteiger partial charge < -0.3 is 10.6 Å². The lowest BCUT2D eigenvalue weighted by Crippen LogP contribution is -2.40. The summed E-state index contributed by atoms with van der Waals surface area (Å²) in [5.74, 6) is 0. The van der Waals surface area contributed by atoms with E-state index in [4.69, 9.17) is 0 Å². The molecule has 0 aromatic carbocycles. The number of carbonyl (C=O) groups excluding carboxylic acids is 1. The van der Waals surface area contributed by atoms with Crippen LogP contribution in [0.4, 0.5) is 4.79 Å². The number of aromatic nitrogens is 2. The lowest BCUT2D eigenvalue weighted by Gasteiger charge is -2.14. The molecule has 1 aliphatic carbocycles. The third-order valence-corrected chi connectivity index (χ3v) is 3.17. The summed E-state index contributed by atoms with van der Waals surface area (Å²) in [7, 11) is 0. The molecule has 1 heterocycles. The molecule has 0 unspecified atom stereocenters. The van der Waals surface area contributed by atoms with Crippen LogP contribution in [0.2, 0.25) is 0 Å². The van der Waals surface area contributed by atoms with Crippen LogP contribution in [0.3, 0.4) is 0 Å². The molecule has 0 spiro atoms. The maximum atomic E-state index is 11.4. The van der Waals surface area contributed by atoms with Crippen LogP contribution in [-0.4, -0.2) is 28.4 Å². The quantitative estimate of drug-likeness (QED) is 0.850. The van der Waals surface area contributed by atoms with E-state index in [0.717, 1.165) is 19.4 Å². The van der Waals surface area contributed by atoms with Gasteiger partial charge in [0.1, 0.15) is 0 Å². The van der Waals surface area contributed by atoms with Gasteiger partial charge in [-0.2, -0.15) is 5.10 Å². The molecule has 1 aliphatic rings. The summed E-state index contributed by atoms with van der Waals surface area (Å²) in [4.78, 5) is 11.4. The monoisotopic (exact) mass is 250 g/mol. The Bertz CT molecular complexity index is 411. The second-order valence-electron chi connectivity index (χ2n) is 5.10. The number of urea groups is 1. The molecule has 0 atom stereocenters. The lowest BCUT2D eigenvalue weighted by molar-refractivity contribution is 0.238. The Morgan fingerprint density at radius 3 is 3.00 bits per heavy atom. The van der Waals surface area contributed by atoms with E-state index >= 15 is 0 Å². The summed E-state index contributed by atoms with van der Waals surface area (Å²) >= 11 is 0. The molecule has 5 nitrogen and oxygen atoms in total. The SMILES string of the molecule is CC(C)NC(=O)NCCn1ncc2c1CCCC2. The maximum absolute atomic E-state index is 11.4. The van der Waals surface area contributed by atoms with E-state index in [2.05, 4.69) is 15.7 Å². The first-order chi connectivity index (χ1) is 8.66. The number of nitrogens with zero attached hydrogens (tertiary/aromatic N) is 2. The predicted molar refractivity (Wildman–Crippen MR) is 70.5 cm³/mol. The number of fused-ring (bicyclic) bond motifs is 1. The van der Waals surface area contributed by atoms with E-state index < -0.39 is 0 Å². The molecule has 1 aromatic rings. The third-order valence-electron chi connectivity index (χ3n) is 3.17. The van der Waals surface area contributed by atoms with Crippen molar-refractivity contribution < 1.29 is 4.79 Å². The number of nitrogens with one attached hydrogen (secondary N) is 2. The van der Waals surface area contributed by atoms with Gasteiger partial charge in [-0.3, -0.25) is 4.68 Å². The second kappa shape index (κ2) is 5.89. The van der Waals surface area contributed by atoms with Gasteiger partial charge in [0, 0.05) is 18.3 Å². The summed E-state index contributed by atoms with van der Waals surface area (Å²) in [5, 5.41) is 10.1. The highest BCUT2D eigenvalue weighted by Crippen LogP contribution is 2.20. The first kappa shape index (κ1) is 12.9. The van der Waals surface area contributed by atoms with Crippen LogP contribution in [0.1, 0.15) is 37.9 Å². The molecule has 1 aromatic heterocycles. The van der Waals surface area contributed by atoms with Gasteiger partial charge in [0.2, 0.25) is 0 Å². The van der Waals surface area contributed by atoms with Crippen molar-refractivity contribution in [3.8, 4) is 0 Å². The highest BCUT2D eigenvalue weighted by atomic mass is 16.2.